The highest BCUT2D eigenvalue weighted by molar-refractivity contribution is 14.0. The Morgan fingerprint density at radius 3 is 2.28 bits per heavy atom. The molecule has 0 aliphatic carbocycles. The van der Waals surface area contributed by atoms with Crippen molar-refractivity contribution < 1.29 is 9.53 Å². The van der Waals surface area contributed by atoms with Gasteiger partial charge in [0, 0.05) is 32.7 Å². The Labute approximate surface area is 206 Å². The zero-order valence-electron chi connectivity index (χ0n) is 18.3. The molecule has 0 heterocycles. The number of benzene rings is 3. The highest BCUT2D eigenvalue weighted by Gasteiger charge is 2.04. The lowest BCUT2D eigenvalue weighted by atomic mass is 10.1. The molecule has 0 bridgehead atoms. The number of hydrogen-bond acceptors (Lipinski definition) is 3. The number of hydrogen-bond donors (Lipinski definition) is 3. The molecule has 0 aromatic heterocycles. The van der Waals surface area contributed by atoms with E-state index in [-0.39, 0.29) is 29.9 Å². The van der Waals surface area contributed by atoms with Crippen molar-refractivity contribution in [2.75, 3.05) is 20.6 Å². The summed E-state index contributed by atoms with van der Waals surface area (Å²) in [4.78, 5) is 16.0. The van der Waals surface area contributed by atoms with E-state index in [4.69, 9.17) is 4.74 Å². The number of amides is 1. The lowest BCUT2D eigenvalue weighted by molar-refractivity contribution is 0.0963. The van der Waals surface area contributed by atoms with E-state index in [1.807, 2.05) is 78.9 Å². The summed E-state index contributed by atoms with van der Waals surface area (Å²) in [6.45, 7) is 1.36. The minimum atomic E-state index is -0.0764. The summed E-state index contributed by atoms with van der Waals surface area (Å²) in [5, 5.41) is 9.27. The Balaban J connectivity index is 0.00000363. The largest absolute Gasteiger partial charge is 0.457 e. The highest BCUT2D eigenvalue weighted by Crippen LogP contribution is 2.21. The molecule has 3 aromatic rings. The molecule has 0 radical (unpaired) electrons. The van der Waals surface area contributed by atoms with Gasteiger partial charge in [0.2, 0.25) is 0 Å². The van der Waals surface area contributed by atoms with Gasteiger partial charge in [0.05, 0.1) is 0 Å². The molecule has 0 unspecified atom stereocenters. The van der Waals surface area contributed by atoms with E-state index >= 15 is 0 Å². The first kappa shape index (κ1) is 25.2. The molecule has 6 nitrogen and oxygen atoms in total. The summed E-state index contributed by atoms with van der Waals surface area (Å²) < 4.78 is 5.82. The zero-order chi connectivity index (χ0) is 21.9. The smallest absolute Gasteiger partial charge is 0.251 e. The first-order valence-electron chi connectivity index (χ1n) is 10.3. The van der Waals surface area contributed by atoms with Crippen LogP contribution in [-0.4, -0.2) is 32.5 Å². The van der Waals surface area contributed by atoms with Crippen LogP contribution in [0.1, 0.15) is 21.5 Å². The van der Waals surface area contributed by atoms with Crippen LogP contribution in [0.15, 0.2) is 83.9 Å². The van der Waals surface area contributed by atoms with Gasteiger partial charge in [-0.25, -0.2) is 0 Å². The van der Waals surface area contributed by atoms with Crippen molar-refractivity contribution in [2.24, 2.45) is 4.99 Å². The Bertz CT molecular complexity index is 1010. The van der Waals surface area contributed by atoms with Gasteiger partial charge in [-0.05, 0) is 53.9 Å². The standard InChI is InChI=1S/C25H28N4O2.HI/c1-26-24(30)21-8-6-7-19(17-21)15-16-28-25(27-2)29-18-20-11-13-23(14-12-20)31-22-9-4-3-5-10-22;/h3-14,17H,15-16,18H2,1-2H3,(H,26,30)(H2,27,28,29);1H. The molecule has 168 valence electrons. The van der Waals surface area contributed by atoms with Gasteiger partial charge in [-0.3, -0.25) is 9.79 Å². The number of halogens is 1. The Hall–Kier alpha value is -3.07. The third-order valence-corrected chi connectivity index (χ3v) is 4.71. The predicted molar refractivity (Wildman–Crippen MR) is 140 cm³/mol. The first-order valence-corrected chi connectivity index (χ1v) is 10.3. The van der Waals surface area contributed by atoms with Crippen molar-refractivity contribution in [1.29, 1.82) is 0 Å². The number of nitrogens with one attached hydrogen (secondary N) is 3. The Morgan fingerprint density at radius 2 is 1.59 bits per heavy atom. The van der Waals surface area contributed by atoms with Crippen LogP contribution in [0.2, 0.25) is 0 Å². The van der Waals surface area contributed by atoms with Gasteiger partial charge in [-0.1, -0.05) is 42.5 Å². The van der Waals surface area contributed by atoms with Crippen molar-refractivity contribution in [2.45, 2.75) is 13.0 Å². The van der Waals surface area contributed by atoms with Gasteiger partial charge in [-0.15, -0.1) is 24.0 Å². The molecule has 3 aromatic carbocycles. The zero-order valence-corrected chi connectivity index (χ0v) is 20.6. The van der Waals surface area contributed by atoms with E-state index in [2.05, 4.69) is 20.9 Å². The topological polar surface area (TPSA) is 74.8 Å². The third-order valence-electron chi connectivity index (χ3n) is 4.71. The average molecular weight is 544 g/mol. The van der Waals surface area contributed by atoms with Crippen LogP contribution in [0.3, 0.4) is 0 Å². The molecule has 3 N–H and O–H groups in total. The summed E-state index contributed by atoms with van der Waals surface area (Å²) in [5.41, 5.74) is 2.89. The summed E-state index contributed by atoms with van der Waals surface area (Å²) in [6, 6.07) is 25.3. The fraction of sp³-hybridized carbons (Fsp3) is 0.200. The molecule has 0 spiro atoms. The molecule has 0 atom stereocenters. The number of carbonyl (C=O) groups excluding carboxylic acids is 1. The van der Waals surface area contributed by atoms with E-state index in [1.54, 1.807) is 14.1 Å². The molecule has 0 saturated carbocycles. The molecule has 32 heavy (non-hydrogen) atoms. The Kier molecular flexibility index (Phi) is 10.5. The molecule has 1 amide bonds. The number of guanidine groups is 1. The molecule has 3 rings (SSSR count). The quantitative estimate of drug-likeness (QED) is 0.224. The Morgan fingerprint density at radius 1 is 0.875 bits per heavy atom. The minimum Gasteiger partial charge on any atom is -0.457 e. The number of aliphatic imine (C=N–C) groups is 1. The SMILES string of the molecule is CN=C(NCCc1cccc(C(=O)NC)c1)NCc1ccc(Oc2ccccc2)cc1.I. The summed E-state index contributed by atoms with van der Waals surface area (Å²) in [6.07, 6.45) is 0.789. The van der Waals surface area contributed by atoms with Gasteiger partial charge < -0.3 is 20.7 Å². The van der Waals surface area contributed by atoms with Crippen LogP contribution < -0.4 is 20.7 Å². The fourth-order valence-corrected chi connectivity index (χ4v) is 3.04. The van der Waals surface area contributed by atoms with E-state index in [1.165, 1.54) is 0 Å². The van der Waals surface area contributed by atoms with Crippen LogP contribution in [0.25, 0.3) is 0 Å². The van der Waals surface area contributed by atoms with Crippen molar-refractivity contribution in [3.05, 3.63) is 95.6 Å². The lowest BCUT2D eigenvalue weighted by Gasteiger charge is -2.13. The molecular formula is C25H29IN4O2. The molecule has 0 saturated heterocycles. The van der Waals surface area contributed by atoms with Crippen LogP contribution in [0.4, 0.5) is 0 Å². The normalized spacial score (nSPS) is 10.6. The maximum absolute atomic E-state index is 11.8. The van der Waals surface area contributed by atoms with Crippen LogP contribution in [0.5, 0.6) is 11.5 Å². The second-order valence-electron chi connectivity index (χ2n) is 6.94. The summed E-state index contributed by atoms with van der Waals surface area (Å²) in [7, 11) is 3.38. The van der Waals surface area contributed by atoms with E-state index in [0.29, 0.717) is 18.7 Å². The molecule has 0 aliphatic heterocycles. The van der Waals surface area contributed by atoms with Gasteiger partial charge in [-0.2, -0.15) is 0 Å². The lowest BCUT2D eigenvalue weighted by Crippen LogP contribution is -2.37. The van der Waals surface area contributed by atoms with E-state index in [0.717, 1.165) is 35.0 Å². The van der Waals surface area contributed by atoms with Crippen LogP contribution >= 0.6 is 24.0 Å². The second-order valence-corrected chi connectivity index (χ2v) is 6.94. The maximum Gasteiger partial charge on any atom is 0.251 e. The van der Waals surface area contributed by atoms with Crippen molar-refractivity contribution >= 4 is 35.8 Å². The monoisotopic (exact) mass is 544 g/mol. The van der Waals surface area contributed by atoms with Crippen molar-refractivity contribution in [3.63, 3.8) is 0 Å². The molecular weight excluding hydrogens is 515 g/mol. The van der Waals surface area contributed by atoms with E-state index < -0.39 is 0 Å². The molecule has 7 heteroatoms. The first-order chi connectivity index (χ1) is 15.2. The van der Waals surface area contributed by atoms with E-state index in [9.17, 15) is 4.79 Å². The van der Waals surface area contributed by atoms with Gasteiger partial charge in [0.1, 0.15) is 11.5 Å². The van der Waals surface area contributed by atoms with Crippen LogP contribution in [-0.2, 0) is 13.0 Å². The summed E-state index contributed by atoms with van der Waals surface area (Å²) in [5.74, 6) is 2.27. The van der Waals surface area contributed by atoms with Crippen molar-refractivity contribution in [3.8, 4) is 11.5 Å². The highest BCUT2D eigenvalue weighted by atomic mass is 127. The predicted octanol–water partition coefficient (Wildman–Crippen LogP) is 4.36. The van der Waals surface area contributed by atoms with Crippen molar-refractivity contribution in [1.82, 2.24) is 16.0 Å². The molecule has 0 fully saturated rings. The number of rotatable bonds is 8. The molecule has 0 aliphatic rings. The maximum atomic E-state index is 11.8. The number of carbonyl (C=O) groups is 1. The average Bonchev–Trinajstić information content (AvgIpc) is 2.82. The second kappa shape index (κ2) is 13.4. The number of nitrogens with zero attached hydrogens (tertiary/aromatic N) is 1. The van der Waals surface area contributed by atoms with Gasteiger partial charge in [0.15, 0.2) is 5.96 Å². The third kappa shape index (κ3) is 7.88. The van der Waals surface area contributed by atoms with Gasteiger partial charge >= 0.3 is 0 Å². The van der Waals surface area contributed by atoms with Crippen LogP contribution in [0, 0.1) is 0 Å². The summed E-state index contributed by atoms with van der Waals surface area (Å²) >= 11 is 0. The number of ether oxygens (including phenoxy) is 1. The minimum absolute atomic E-state index is 0. The fourth-order valence-electron chi connectivity index (χ4n) is 3.04. The number of para-hydroxylation sites is 1. The van der Waals surface area contributed by atoms with Gasteiger partial charge in [0.25, 0.3) is 5.91 Å².